The minimum atomic E-state index is -0.0823. The zero-order valence-electron chi connectivity index (χ0n) is 12.2. The number of ether oxygens (including phenoxy) is 2. The molecule has 1 aromatic heterocycles. The van der Waals surface area contributed by atoms with Gasteiger partial charge in [0.25, 0.3) is 0 Å². The molecule has 2 unspecified atom stereocenters. The second kappa shape index (κ2) is 7.40. The lowest BCUT2D eigenvalue weighted by molar-refractivity contribution is -0.128. The second-order valence-corrected chi connectivity index (χ2v) is 5.17. The first-order valence-corrected chi connectivity index (χ1v) is 7.07. The number of nitrogens with one attached hydrogen (secondary N) is 1. The highest BCUT2D eigenvalue weighted by Gasteiger charge is 2.26. The van der Waals surface area contributed by atoms with Crippen molar-refractivity contribution in [2.75, 3.05) is 13.7 Å². The molecule has 2 rings (SSSR count). The Morgan fingerprint density at radius 2 is 2.30 bits per heavy atom. The van der Waals surface area contributed by atoms with E-state index in [9.17, 15) is 4.79 Å². The maximum absolute atomic E-state index is 11.9. The second-order valence-electron chi connectivity index (χ2n) is 5.17. The van der Waals surface area contributed by atoms with Crippen molar-refractivity contribution in [1.29, 1.82) is 0 Å². The standard InChI is InChI=1S/C14H23N3O3/c1-17-11(7-8-15-17)9-20-10-14(18)16-12-5-3-4-6-13(12)19-2/h7-8,12-13H,3-6,9-10H2,1-2H3,(H,16,18). The lowest BCUT2D eigenvalue weighted by Gasteiger charge is -2.30. The third kappa shape index (κ3) is 4.05. The Balaban J connectivity index is 1.71. The van der Waals surface area contributed by atoms with Crippen LogP contribution in [0.5, 0.6) is 0 Å². The van der Waals surface area contributed by atoms with Crippen LogP contribution in [0.2, 0.25) is 0 Å². The lowest BCUT2D eigenvalue weighted by Crippen LogP contribution is -2.47. The van der Waals surface area contributed by atoms with E-state index in [1.165, 1.54) is 6.42 Å². The van der Waals surface area contributed by atoms with E-state index in [0.29, 0.717) is 6.61 Å². The number of rotatable bonds is 6. The molecule has 1 fully saturated rings. The largest absolute Gasteiger partial charge is 0.379 e. The topological polar surface area (TPSA) is 65.4 Å². The minimum Gasteiger partial charge on any atom is -0.379 e. The first kappa shape index (κ1) is 15.0. The molecule has 0 saturated heterocycles. The molecule has 0 aromatic carbocycles. The highest BCUT2D eigenvalue weighted by atomic mass is 16.5. The molecule has 112 valence electrons. The molecule has 6 nitrogen and oxygen atoms in total. The average molecular weight is 281 g/mol. The van der Waals surface area contributed by atoms with Gasteiger partial charge in [0.2, 0.25) is 5.91 Å². The van der Waals surface area contributed by atoms with Crippen molar-refractivity contribution in [3.05, 3.63) is 18.0 Å². The number of hydrogen-bond donors (Lipinski definition) is 1. The lowest BCUT2D eigenvalue weighted by atomic mass is 9.92. The summed E-state index contributed by atoms with van der Waals surface area (Å²) >= 11 is 0. The number of carbonyl (C=O) groups is 1. The van der Waals surface area contributed by atoms with Crippen molar-refractivity contribution in [2.24, 2.45) is 7.05 Å². The maximum Gasteiger partial charge on any atom is 0.246 e. The van der Waals surface area contributed by atoms with E-state index in [1.807, 2.05) is 13.1 Å². The smallest absolute Gasteiger partial charge is 0.246 e. The summed E-state index contributed by atoms with van der Waals surface area (Å²) in [6.45, 7) is 0.459. The van der Waals surface area contributed by atoms with Gasteiger partial charge in [-0.1, -0.05) is 12.8 Å². The summed E-state index contributed by atoms with van der Waals surface area (Å²) in [4.78, 5) is 11.9. The molecule has 1 heterocycles. The van der Waals surface area contributed by atoms with Gasteiger partial charge in [-0.25, -0.2) is 0 Å². The summed E-state index contributed by atoms with van der Waals surface area (Å²) in [5, 5.41) is 7.05. The highest BCUT2D eigenvalue weighted by Crippen LogP contribution is 2.20. The van der Waals surface area contributed by atoms with Gasteiger partial charge in [-0.2, -0.15) is 5.10 Å². The van der Waals surface area contributed by atoms with E-state index < -0.39 is 0 Å². The number of aryl methyl sites for hydroxylation is 1. The molecular weight excluding hydrogens is 258 g/mol. The van der Waals surface area contributed by atoms with E-state index in [1.54, 1.807) is 18.0 Å². The van der Waals surface area contributed by atoms with Crippen LogP contribution >= 0.6 is 0 Å². The van der Waals surface area contributed by atoms with Gasteiger partial charge in [0.05, 0.1) is 24.4 Å². The van der Waals surface area contributed by atoms with Gasteiger partial charge < -0.3 is 14.8 Å². The van der Waals surface area contributed by atoms with Crippen LogP contribution in [-0.4, -0.2) is 41.6 Å². The van der Waals surface area contributed by atoms with Gasteiger partial charge in [0.15, 0.2) is 0 Å². The Labute approximate surface area is 119 Å². The number of amides is 1. The Bertz CT molecular complexity index is 433. The molecule has 20 heavy (non-hydrogen) atoms. The zero-order valence-corrected chi connectivity index (χ0v) is 12.2. The number of carbonyl (C=O) groups excluding carboxylic acids is 1. The quantitative estimate of drug-likeness (QED) is 0.845. The van der Waals surface area contributed by atoms with Gasteiger partial charge in [0.1, 0.15) is 6.61 Å². The molecule has 1 saturated carbocycles. The fourth-order valence-corrected chi connectivity index (χ4v) is 2.58. The third-order valence-electron chi connectivity index (χ3n) is 3.76. The molecule has 1 aliphatic carbocycles. The van der Waals surface area contributed by atoms with Crippen LogP contribution in [0.3, 0.4) is 0 Å². The van der Waals surface area contributed by atoms with Crippen molar-refractivity contribution < 1.29 is 14.3 Å². The maximum atomic E-state index is 11.9. The fraction of sp³-hybridized carbons (Fsp3) is 0.714. The van der Waals surface area contributed by atoms with E-state index in [2.05, 4.69) is 10.4 Å². The molecule has 1 amide bonds. The predicted molar refractivity (Wildman–Crippen MR) is 74.1 cm³/mol. The SMILES string of the molecule is COC1CCCCC1NC(=O)COCc1ccnn1C. The average Bonchev–Trinajstić information content (AvgIpc) is 2.85. The van der Waals surface area contributed by atoms with Crippen LogP contribution in [0.1, 0.15) is 31.4 Å². The van der Waals surface area contributed by atoms with Crippen LogP contribution < -0.4 is 5.32 Å². The van der Waals surface area contributed by atoms with Crippen LogP contribution in [0.25, 0.3) is 0 Å². The number of hydrogen-bond acceptors (Lipinski definition) is 4. The Kier molecular flexibility index (Phi) is 5.55. The first-order chi connectivity index (χ1) is 9.70. The molecule has 0 bridgehead atoms. The van der Waals surface area contributed by atoms with E-state index in [4.69, 9.17) is 9.47 Å². The van der Waals surface area contributed by atoms with Crippen molar-refractivity contribution in [2.45, 2.75) is 44.4 Å². The Morgan fingerprint density at radius 3 is 3.00 bits per heavy atom. The van der Waals surface area contributed by atoms with Gasteiger partial charge in [-0.15, -0.1) is 0 Å². The number of aromatic nitrogens is 2. The highest BCUT2D eigenvalue weighted by molar-refractivity contribution is 5.77. The normalized spacial score (nSPS) is 22.7. The summed E-state index contributed by atoms with van der Waals surface area (Å²) < 4.78 is 12.6. The molecule has 0 spiro atoms. The molecule has 1 N–H and O–H groups in total. The molecule has 2 atom stereocenters. The zero-order chi connectivity index (χ0) is 14.4. The van der Waals surface area contributed by atoms with E-state index in [0.717, 1.165) is 25.0 Å². The molecule has 0 radical (unpaired) electrons. The molecule has 1 aliphatic rings. The van der Waals surface area contributed by atoms with Crippen molar-refractivity contribution in [3.63, 3.8) is 0 Å². The monoisotopic (exact) mass is 281 g/mol. The predicted octanol–water partition coefficient (Wildman–Crippen LogP) is 1.01. The fourth-order valence-electron chi connectivity index (χ4n) is 2.58. The van der Waals surface area contributed by atoms with E-state index >= 15 is 0 Å². The number of methoxy groups -OCH3 is 1. The van der Waals surface area contributed by atoms with Crippen LogP contribution in [-0.2, 0) is 27.9 Å². The number of nitrogens with zero attached hydrogens (tertiary/aromatic N) is 2. The summed E-state index contributed by atoms with van der Waals surface area (Å²) in [6.07, 6.45) is 6.14. The summed E-state index contributed by atoms with van der Waals surface area (Å²) in [7, 11) is 3.55. The van der Waals surface area contributed by atoms with Crippen molar-refractivity contribution >= 4 is 5.91 Å². The van der Waals surface area contributed by atoms with Gasteiger partial charge in [-0.05, 0) is 18.9 Å². The Morgan fingerprint density at radius 1 is 1.50 bits per heavy atom. The summed E-state index contributed by atoms with van der Waals surface area (Å²) in [6, 6.07) is 1.99. The summed E-state index contributed by atoms with van der Waals surface area (Å²) in [5.41, 5.74) is 0.949. The van der Waals surface area contributed by atoms with E-state index in [-0.39, 0.29) is 24.7 Å². The minimum absolute atomic E-state index is 0.0676. The summed E-state index contributed by atoms with van der Waals surface area (Å²) in [5.74, 6) is -0.0823. The third-order valence-corrected chi connectivity index (χ3v) is 3.76. The van der Waals surface area contributed by atoms with Gasteiger partial charge in [0, 0.05) is 20.4 Å². The molecule has 1 aromatic rings. The first-order valence-electron chi connectivity index (χ1n) is 7.07. The molecule has 6 heteroatoms. The van der Waals surface area contributed by atoms with Crippen LogP contribution in [0, 0.1) is 0 Å². The van der Waals surface area contributed by atoms with Gasteiger partial charge in [-0.3, -0.25) is 9.48 Å². The van der Waals surface area contributed by atoms with Crippen LogP contribution in [0.15, 0.2) is 12.3 Å². The molecule has 0 aliphatic heterocycles. The van der Waals surface area contributed by atoms with Crippen LogP contribution in [0.4, 0.5) is 0 Å². The van der Waals surface area contributed by atoms with Crippen molar-refractivity contribution in [3.8, 4) is 0 Å². The van der Waals surface area contributed by atoms with Crippen molar-refractivity contribution in [1.82, 2.24) is 15.1 Å². The molecular formula is C14H23N3O3. The Hall–Kier alpha value is -1.40. The van der Waals surface area contributed by atoms with Gasteiger partial charge >= 0.3 is 0 Å².